The Labute approximate surface area is 83.6 Å². The molecule has 2 N–H and O–H groups in total. The summed E-state index contributed by atoms with van der Waals surface area (Å²) in [5, 5.41) is 18.2. The number of furan rings is 1. The molecule has 1 aromatic carbocycles. The number of rotatable bonds is 2. The predicted molar refractivity (Wildman–Crippen MR) is 48.8 cm³/mol. The van der Waals surface area contributed by atoms with Crippen molar-refractivity contribution >= 4 is 16.9 Å². The van der Waals surface area contributed by atoms with Gasteiger partial charge in [-0.05, 0) is 18.2 Å². The van der Waals surface area contributed by atoms with Crippen LogP contribution in [0.5, 0.6) is 0 Å². The standard InChI is InChI=1S/C10H7FO4/c11-6-1-2-7-5(3-4-15-7)8(6)9(12)10(13)14/h1-4,9,12H,(H,13,14). The zero-order valence-electron chi connectivity index (χ0n) is 7.48. The van der Waals surface area contributed by atoms with Crippen molar-refractivity contribution in [1.29, 1.82) is 0 Å². The summed E-state index contributed by atoms with van der Waals surface area (Å²) >= 11 is 0. The molecule has 0 radical (unpaired) electrons. The van der Waals surface area contributed by atoms with Crippen LogP contribution in [0, 0.1) is 5.82 Å². The highest BCUT2D eigenvalue weighted by Crippen LogP contribution is 2.28. The number of aliphatic hydroxyl groups is 1. The molecule has 2 rings (SSSR count). The first-order valence-corrected chi connectivity index (χ1v) is 4.17. The molecule has 1 aromatic heterocycles. The van der Waals surface area contributed by atoms with Crippen molar-refractivity contribution in [2.75, 3.05) is 0 Å². The molecule has 15 heavy (non-hydrogen) atoms. The quantitative estimate of drug-likeness (QED) is 0.791. The molecule has 0 aliphatic rings. The Bertz CT molecular complexity index is 517. The molecule has 0 bridgehead atoms. The highest BCUT2D eigenvalue weighted by molar-refractivity contribution is 5.87. The van der Waals surface area contributed by atoms with E-state index in [0.29, 0.717) is 5.58 Å². The average molecular weight is 210 g/mol. The smallest absolute Gasteiger partial charge is 0.337 e. The minimum Gasteiger partial charge on any atom is -0.479 e. The number of hydrogen-bond acceptors (Lipinski definition) is 3. The van der Waals surface area contributed by atoms with Crippen LogP contribution in [-0.2, 0) is 4.79 Å². The molecule has 0 fully saturated rings. The summed E-state index contributed by atoms with van der Waals surface area (Å²) in [6, 6.07) is 3.86. The molecule has 0 amide bonds. The number of halogens is 1. The second-order valence-corrected chi connectivity index (χ2v) is 3.03. The zero-order valence-corrected chi connectivity index (χ0v) is 7.48. The van der Waals surface area contributed by atoms with Gasteiger partial charge in [0.15, 0.2) is 6.10 Å². The van der Waals surface area contributed by atoms with Gasteiger partial charge in [-0.25, -0.2) is 9.18 Å². The van der Waals surface area contributed by atoms with Gasteiger partial charge in [-0.2, -0.15) is 0 Å². The van der Waals surface area contributed by atoms with E-state index in [4.69, 9.17) is 9.52 Å². The second-order valence-electron chi connectivity index (χ2n) is 3.03. The molecule has 4 nitrogen and oxygen atoms in total. The number of aliphatic carboxylic acids is 1. The van der Waals surface area contributed by atoms with Crippen LogP contribution in [0.3, 0.4) is 0 Å². The van der Waals surface area contributed by atoms with E-state index in [1.165, 1.54) is 18.4 Å². The van der Waals surface area contributed by atoms with Crippen molar-refractivity contribution in [3.05, 3.63) is 35.8 Å². The highest BCUT2D eigenvalue weighted by Gasteiger charge is 2.23. The average Bonchev–Trinajstić information content (AvgIpc) is 2.64. The monoisotopic (exact) mass is 210 g/mol. The van der Waals surface area contributed by atoms with E-state index in [2.05, 4.69) is 0 Å². The van der Waals surface area contributed by atoms with E-state index >= 15 is 0 Å². The number of carbonyl (C=O) groups is 1. The van der Waals surface area contributed by atoms with E-state index in [9.17, 15) is 14.3 Å². The van der Waals surface area contributed by atoms with Gasteiger partial charge in [0.1, 0.15) is 11.4 Å². The van der Waals surface area contributed by atoms with Crippen molar-refractivity contribution in [3.8, 4) is 0 Å². The van der Waals surface area contributed by atoms with Crippen molar-refractivity contribution < 1.29 is 23.8 Å². The van der Waals surface area contributed by atoms with Crippen LogP contribution in [0.1, 0.15) is 11.7 Å². The fourth-order valence-corrected chi connectivity index (χ4v) is 1.44. The van der Waals surface area contributed by atoms with Crippen molar-refractivity contribution in [3.63, 3.8) is 0 Å². The maximum atomic E-state index is 13.3. The molecule has 1 unspecified atom stereocenters. The molecule has 0 spiro atoms. The molecular formula is C10H7FO4. The van der Waals surface area contributed by atoms with Crippen LogP contribution in [0.2, 0.25) is 0 Å². The zero-order chi connectivity index (χ0) is 11.0. The van der Waals surface area contributed by atoms with Gasteiger partial charge in [0.2, 0.25) is 0 Å². The Balaban J connectivity index is 2.71. The number of aliphatic hydroxyl groups excluding tert-OH is 1. The Morgan fingerprint density at radius 3 is 2.80 bits per heavy atom. The molecule has 2 aromatic rings. The van der Waals surface area contributed by atoms with Gasteiger partial charge in [-0.3, -0.25) is 0 Å². The lowest BCUT2D eigenvalue weighted by molar-refractivity contribution is -0.147. The number of carboxylic acids is 1. The van der Waals surface area contributed by atoms with E-state index in [-0.39, 0.29) is 10.9 Å². The maximum Gasteiger partial charge on any atom is 0.337 e. The van der Waals surface area contributed by atoms with Crippen LogP contribution in [0.4, 0.5) is 4.39 Å². The van der Waals surface area contributed by atoms with Crippen LogP contribution in [0.25, 0.3) is 11.0 Å². The molecule has 5 heteroatoms. The Hall–Kier alpha value is -1.88. The summed E-state index contributed by atoms with van der Waals surface area (Å²) in [6.07, 6.45) is -0.575. The minimum absolute atomic E-state index is 0.268. The van der Waals surface area contributed by atoms with Gasteiger partial charge in [-0.1, -0.05) is 0 Å². The van der Waals surface area contributed by atoms with Gasteiger partial charge in [0.25, 0.3) is 0 Å². The van der Waals surface area contributed by atoms with Crippen LogP contribution in [0.15, 0.2) is 28.9 Å². The first-order valence-electron chi connectivity index (χ1n) is 4.17. The second kappa shape index (κ2) is 3.36. The Kier molecular flexibility index (Phi) is 2.17. The van der Waals surface area contributed by atoms with Crippen LogP contribution in [-0.4, -0.2) is 16.2 Å². The Morgan fingerprint density at radius 2 is 2.13 bits per heavy atom. The third kappa shape index (κ3) is 1.46. The first kappa shape index (κ1) is 9.67. The molecule has 1 atom stereocenters. The predicted octanol–water partition coefficient (Wildman–Crippen LogP) is 1.69. The lowest BCUT2D eigenvalue weighted by Gasteiger charge is -2.07. The summed E-state index contributed by atoms with van der Waals surface area (Å²) in [5.74, 6) is -2.26. The molecule has 1 heterocycles. The summed E-state index contributed by atoms with van der Waals surface area (Å²) in [5.41, 5.74) is 0.0699. The van der Waals surface area contributed by atoms with Gasteiger partial charge in [0.05, 0.1) is 6.26 Å². The molecule has 0 aliphatic carbocycles. The lowest BCUT2D eigenvalue weighted by Crippen LogP contribution is -2.12. The molecule has 0 saturated carbocycles. The maximum absolute atomic E-state index is 13.3. The van der Waals surface area contributed by atoms with E-state index < -0.39 is 17.9 Å². The fourth-order valence-electron chi connectivity index (χ4n) is 1.44. The van der Waals surface area contributed by atoms with E-state index in [1.54, 1.807) is 0 Å². The van der Waals surface area contributed by atoms with Crippen molar-refractivity contribution in [2.24, 2.45) is 0 Å². The van der Waals surface area contributed by atoms with Crippen molar-refractivity contribution in [2.45, 2.75) is 6.10 Å². The van der Waals surface area contributed by atoms with E-state index in [1.807, 2.05) is 0 Å². The number of hydrogen-bond donors (Lipinski definition) is 2. The first-order chi connectivity index (χ1) is 7.11. The van der Waals surface area contributed by atoms with Crippen LogP contribution < -0.4 is 0 Å². The largest absolute Gasteiger partial charge is 0.479 e. The summed E-state index contributed by atoms with van der Waals surface area (Å²) in [4.78, 5) is 10.6. The van der Waals surface area contributed by atoms with Gasteiger partial charge >= 0.3 is 5.97 Å². The molecule has 78 valence electrons. The van der Waals surface area contributed by atoms with E-state index in [0.717, 1.165) is 6.07 Å². The molecular weight excluding hydrogens is 203 g/mol. The topological polar surface area (TPSA) is 70.7 Å². The normalized spacial score (nSPS) is 12.9. The molecule has 0 aliphatic heterocycles. The summed E-state index contributed by atoms with van der Waals surface area (Å²) in [7, 11) is 0. The lowest BCUT2D eigenvalue weighted by atomic mass is 10.0. The number of carboxylic acid groups (broad SMARTS) is 1. The molecule has 0 saturated heterocycles. The fraction of sp³-hybridized carbons (Fsp3) is 0.100. The summed E-state index contributed by atoms with van der Waals surface area (Å²) < 4.78 is 18.3. The number of benzene rings is 1. The Morgan fingerprint density at radius 1 is 1.40 bits per heavy atom. The van der Waals surface area contributed by atoms with Crippen molar-refractivity contribution in [1.82, 2.24) is 0 Å². The third-order valence-electron chi connectivity index (χ3n) is 2.13. The van der Waals surface area contributed by atoms with Gasteiger partial charge in [0, 0.05) is 10.9 Å². The third-order valence-corrected chi connectivity index (χ3v) is 2.13. The SMILES string of the molecule is O=C(O)C(O)c1c(F)ccc2occc12. The van der Waals surface area contributed by atoms with Gasteiger partial charge < -0.3 is 14.6 Å². The van der Waals surface area contributed by atoms with Gasteiger partial charge in [-0.15, -0.1) is 0 Å². The van der Waals surface area contributed by atoms with Crippen LogP contribution >= 0.6 is 0 Å². The highest BCUT2D eigenvalue weighted by atomic mass is 19.1. The number of fused-ring (bicyclic) bond motifs is 1. The summed E-state index contributed by atoms with van der Waals surface area (Å²) in [6.45, 7) is 0. The minimum atomic E-state index is -1.88.